The van der Waals surface area contributed by atoms with Crippen molar-refractivity contribution >= 4 is 21.7 Å². The summed E-state index contributed by atoms with van der Waals surface area (Å²) < 4.78 is 68.7. The average Bonchev–Trinajstić information content (AvgIpc) is 2.54. The quantitative estimate of drug-likeness (QED) is 0.819. The summed E-state index contributed by atoms with van der Waals surface area (Å²) in [5.74, 6) is -0.174. The van der Waals surface area contributed by atoms with Gasteiger partial charge < -0.3 is 9.50 Å². The molecule has 0 fully saturated rings. The minimum atomic E-state index is -4.67. The second-order valence-corrected chi connectivity index (χ2v) is 7.43. The van der Waals surface area contributed by atoms with Gasteiger partial charge in [-0.2, -0.15) is 21.6 Å². The third-order valence-corrected chi connectivity index (χ3v) is 5.22. The van der Waals surface area contributed by atoms with Gasteiger partial charge in [-0.1, -0.05) is 6.07 Å². The normalized spacial score (nSPS) is 14.5. The lowest BCUT2D eigenvalue weighted by Gasteiger charge is -2.18. The lowest BCUT2D eigenvalue weighted by atomic mass is 10.0. The molecule has 3 rings (SSSR count). The van der Waals surface area contributed by atoms with E-state index in [1.54, 1.807) is 0 Å². The fourth-order valence-corrected chi connectivity index (χ4v) is 3.60. The molecule has 26 heavy (non-hydrogen) atoms. The van der Waals surface area contributed by atoms with Crippen molar-refractivity contribution < 1.29 is 30.6 Å². The molecule has 9 heteroatoms. The van der Waals surface area contributed by atoms with E-state index in [9.17, 15) is 26.4 Å². The van der Waals surface area contributed by atoms with Gasteiger partial charge in [-0.15, -0.1) is 0 Å². The molecule has 0 unspecified atom stereocenters. The van der Waals surface area contributed by atoms with Crippen molar-refractivity contribution in [2.75, 3.05) is 5.32 Å². The van der Waals surface area contributed by atoms with Gasteiger partial charge >= 0.3 is 16.3 Å². The first-order chi connectivity index (χ1) is 12.1. The van der Waals surface area contributed by atoms with Gasteiger partial charge in [-0.05, 0) is 54.8 Å². The van der Waals surface area contributed by atoms with Crippen LogP contribution in [0, 0.1) is 6.92 Å². The van der Waals surface area contributed by atoms with Crippen LogP contribution in [0.3, 0.4) is 0 Å². The second kappa shape index (κ2) is 6.31. The maximum Gasteiger partial charge on any atom is 0.416 e. The summed E-state index contributed by atoms with van der Waals surface area (Å²) in [6, 6.07) is 6.99. The summed E-state index contributed by atoms with van der Waals surface area (Å²) in [7, 11) is -4.44. The Balaban J connectivity index is 1.92. The lowest BCUT2D eigenvalue weighted by molar-refractivity contribution is -0.138. The number of carbonyl (C=O) groups is 1. The molecule has 0 atom stereocenters. The number of amides is 1. The molecule has 0 saturated heterocycles. The highest BCUT2D eigenvalue weighted by Gasteiger charge is 2.34. The minimum absolute atomic E-state index is 0.0333. The Kier molecular flexibility index (Phi) is 4.43. The fraction of sp³-hybridized carbons (Fsp3) is 0.235. The Morgan fingerprint density at radius 1 is 1.08 bits per heavy atom. The fourth-order valence-electron chi connectivity index (χ4n) is 2.65. The number of anilines is 1. The van der Waals surface area contributed by atoms with Gasteiger partial charge in [0, 0.05) is 12.1 Å². The number of benzene rings is 2. The molecule has 0 spiro atoms. The molecule has 0 radical (unpaired) electrons. The van der Waals surface area contributed by atoms with E-state index in [1.165, 1.54) is 25.1 Å². The second-order valence-electron chi connectivity index (χ2n) is 5.88. The van der Waals surface area contributed by atoms with E-state index in [0.717, 1.165) is 12.1 Å². The van der Waals surface area contributed by atoms with Crippen molar-refractivity contribution in [3.05, 3.63) is 53.1 Å². The summed E-state index contributed by atoms with van der Waals surface area (Å²) >= 11 is 0. The van der Waals surface area contributed by atoms with Crippen LogP contribution in [0.2, 0.25) is 0 Å². The number of alkyl halides is 3. The summed E-state index contributed by atoms with van der Waals surface area (Å²) in [5, 5.41) is 2.64. The Hall–Kier alpha value is -2.55. The van der Waals surface area contributed by atoms with Crippen LogP contribution in [-0.4, -0.2) is 14.3 Å². The third kappa shape index (κ3) is 3.67. The zero-order valence-electron chi connectivity index (χ0n) is 13.6. The monoisotopic (exact) mass is 385 g/mol. The topological polar surface area (TPSA) is 72.5 Å². The van der Waals surface area contributed by atoms with E-state index in [1.807, 2.05) is 0 Å². The molecule has 0 aromatic heterocycles. The highest BCUT2D eigenvalue weighted by atomic mass is 32.2. The van der Waals surface area contributed by atoms with E-state index < -0.39 is 26.8 Å². The molecule has 0 bridgehead atoms. The Morgan fingerprint density at radius 3 is 2.50 bits per heavy atom. The number of aryl methyl sites for hydroxylation is 2. The Bertz CT molecular complexity index is 984. The Labute approximate surface area is 147 Å². The number of halogens is 3. The van der Waals surface area contributed by atoms with E-state index in [2.05, 4.69) is 5.32 Å². The van der Waals surface area contributed by atoms with Crippen LogP contribution in [-0.2, 0) is 27.5 Å². The number of hydrogen-bond donors (Lipinski definition) is 1. The summed E-state index contributed by atoms with van der Waals surface area (Å²) in [6.45, 7) is 1.25. The standard InChI is InChI=1S/C17H14F3NO4S/c1-10-2-5-13(9-14(10)17(18,19)20)26(23,24)25-12-4-6-15-11(8-12)3-7-16(22)21-15/h2,4-6,8-9H,3,7H2,1H3,(H,21,22). The van der Waals surface area contributed by atoms with Gasteiger partial charge in [0.25, 0.3) is 0 Å². The maximum absolute atomic E-state index is 13.0. The van der Waals surface area contributed by atoms with Crippen LogP contribution < -0.4 is 9.50 Å². The molecule has 1 heterocycles. The maximum atomic E-state index is 13.0. The van der Waals surface area contributed by atoms with E-state index in [0.29, 0.717) is 23.7 Å². The molecule has 0 aliphatic carbocycles. The Morgan fingerprint density at radius 2 is 1.81 bits per heavy atom. The number of fused-ring (bicyclic) bond motifs is 1. The molecule has 2 aromatic carbocycles. The third-order valence-electron chi connectivity index (χ3n) is 3.98. The van der Waals surface area contributed by atoms with Gasteiger partial charge in [0.05, 0.1) is 5.56 Å². The number of nitrogens with one attached hydrogen (secondary N) is 1. The van der Waals surface area contributed by atoms with E-state index >= 15 is 0 Å². The van der Waals surface area contributed by atoms with Gasteiger partial charge in [-0.25, -0.2) is 0 Å². The molecule has 1 aliphatic rings. The lowest BCUT2D eigenvalue weighted by Crippen LogP contribution is -2.19. The minimum Gasteiger partial charge on any atom is -0.379 e. The number of hydrogen-bond acceptors (Lipinski definition) is 4. The van der Waals surface area contributed by atoms with Crippen LogP contribution >= 0.6 is 0 Å². The van der Waals surface area contributed by atoms with Crippen molar-refractivity contribution in [1.82, 2.24) is 0 Å². The molecular formula is C17H14F3NO4S. The SMILES string of the molecule is Cc1ccc(S(=O)(=O)Oc2ccc3c(c2)CCC(=O)N3)cc1C(F)(F)F. The zero-order valence-corrected chi connectivity index (χ0v) is 14.4. The van der Waals surface area contributed by atoms with Crippen molar-refractivity contribution in [3.8, 4) is 5.75 Å². The molecule has 5 nitrogen and oxygen atoms in total. The van der Waals surface area contributed by atoms with Crippen LogP contribution in [0.4, 0.5) is 18.9 Å². The van der Waals surface area contributed by atoms with Crippen molar-refractivity contribution in [2.24, 2.45) is 0 Å². The highest BCUT2D eigenvalue weighted by molar-refractivity contribution is 7.87. The van der Waals surface area contributed by atoms with Crippen LogP contribution in [0.15, 0.2) is 41.3 Å². The molecule has 0 saturated carbocycles. The predicted molar refractivity (Wildman–Crippen MR) is 87.4 cm³/mol. The van der Waals surface area contributed by atoms with Gasteiger partial charge in [0.1, 0.15) is 10.6 Å². The molecular weight excluding hydrogens is 371 g/mol. The molecule has 1 N–H and O–H groups in total. The molecule has 138 valence electrons. The van der Waals surface area contributed by atoms with Crippen molar-refractivity contribution in [3.63, 3.8) is 0 Å². The summed E-state index contributed by atoms with van der Waals surface area (Å²) in [6.07, 6.45) is -3.99. The van der Waals surface area contributed by atoms with E-state index in [4.69, 9.17) is 4.18 Å². The average molecular weight is 385 g/mol. The number of carbonyl (C=O) groups excluding carboxylic acids is 1. The highest BCUT2D eigenvalue weighted by Crippen LogP contribution is 2.34. The van der Waals surface area contributed by atoms with Crippen LogP contribution in [0.5, 0.6) is 5.75 Å². The molecule has 1 amide bonds. The first kappa shape index (κ1) is 18.2. The smallest absolute Gasteiger partial charge is 0.379 e. The van der Waals surface area contributed by atoms with Crippen molar-refractivity contribution in [1.29, 1.82) is 0 Å². The summed E-state index contributed by atoms with van der Waals surface area (Å²) in [4.78, 5) is 10.8. The summed E-state index contributed by atoms with van der Waals surface area (Å²) in [5.41, 5.74) is 0.133. The van der Waals surface area contributed by atoms with Gasteiger partial charge in [-0.3, -0.25) is 4.79 Å². The first-order valence-electron chi connectivity index (χ1n) is 7.61. The molecule has 2 aromatic rings. The van der Waals surface area contributed by atoms with Crippen molar-refractivity contribution in [2.45, 2.75) is 30.8 Å². The van der Waals surface area contributed by atoms with Gasteiger partial charge in [0.2, 0.25) is 5.91 Å². The predicted octanol–water partition coefficient (Wildman–Crippen LogP) is 3.67. The first-order valence-corrected chi connectivity index (χ1v) is 9.02. The largest absolute Gasteiger partial charge is 0.416 e. The van der Waals surface area contributed by atoms with Gasteiger partial charge in [0.15, 0.2) is 0 Å². The van der Waals surface area contributed by atoms with Crippen LogP contribution in [0.25, 0.3) is 0 Å². The number of rotatable bonds is 3. The van der Waals surface area contributed by atoms with Crippen LogP contribution in [0.1, 0.15) is 23.1 Å². The zero-order chi connectivity index (χ0) is 19.1. The van der Waals surface area contributed by atoms with E-state index in [-0.39, 0.29) is 23.6 Å². The molecule has 1 aliphatic heterocycles.